The minimum atomic E-state index is -0.582. The standard InChI is InChI=1S/C22H29Cl2N3O2/c1-22(27-11-3-2-4-12-27,9-13-26-14-10-25-21(29)16-26)20(28)8-6-17-5-7-18(23)19(24)15-17/h5-8,15H,2-4,9-14,16H2,1H3,(H,25,29)/b8-6+. The minimum absolute atomic E-state index is 0.0572. The predicted molar refractivity (Wildman–Crippen MR) is 118 cm³/mol. The van der Waals surface area contributed by atoms with Gasteiger partial charge in [-0.1, -0.05) is 41.8 Å². The van der Waals surface area contributed by atoms with Crippen LogP contribution in [0.2, 0.25) is 10.0 Å². The van der Waals surface area contributed by atoms with Gasteiger partial charge < -0.3 is 5.32 Å². The highest BCUT2D eigenvalue weighted by atomic mass is 35.5. The number of hydrogen-bond donors (Lipinski definition) is 1. The number of nitrogens with zero attached hydrogens (tertiary/aromatic N) is 2. The van der Waals surface area contributed by atoms with Gasteiger partial charge in [0.25, 0.3) is 0 Å². The SMILES string of the molecule is CC(CCN1CCNC(=O)C1)(C(=O)/C=C/c1ccc(Cl)c(Cl)c1)N1CCCCC1. The molecule has 1 aromatic carbocycles. The highest BCUT2D eigenvalue weighted by Gasteiger charge is 2.38. The zero-order valence-electron chi connectivity index (χ0n) is 16.9. The van der Waals surface area contributed by atoms with E-state index in [9.17, 15) is 9.59 Å². The summed E-state index contributed by atoms with van der Waals surface area (Å²) in [6.45, 7) is 6.55. The summed E-state index contributed by atoms with van der Waals surface area (Å²) < 4.78 is 0. The second-order valence-corrected chi connectivity index (χ2v) is 8.88. The molecule has 1 atom stereocenters. The van der Waals surface area contributed by atoms with Gasteiger partial charge in [0.2, 0.25) is 5.91 Å². The average Bonchev–Trinajstić information content (AvgIpc) is 2.73. The van der Waals surface area contributed by atoms with Crippen molar-refractivity contribution in [2.75, 3.05) is 39.3 Å². The van der Waals surface area contributed by atoms with Crippen LogP contribution in [0.5, 0.6) is 0 Å². The maximum atomic E-state index is 13.3. The summed E-state index contributed by atoms with van der Waals surface area (Å²) in [5, 5.41) is 3.83. The van der Waals surface area contributed by atoms with Crippen LogP contribution >= 0.6 is 23.2 Å². The number of likely N-dealkylation sites (tertiary alicyclic amines) is 1. The smallest absolute Gasteiger partial charge is 0.234 e. The van der Waals surface area contributed by atoms with Gasteiger partial charge in [-0.25, -0.2) is 0 Å². The lowest BCUT2D eigenvalue weighted by molar-refractivity contribution is -0.127. The van der Waals surface area contributed by atoms with Crippen molar-refractivity contribution in [1.82, 2.24) is 15.1 Å². The third-order valence-electron chi connectivity index (χ3n) is 5.99. The summed E-state index contributed by atoms with van der Waals surface area (Å²) in [4.78, 5) is 29.5. The van der Waals surface area contributed by atoms with Crippen molar-refractivity contribution in [3.8, 4) is 0 Å². The number of ketones is 1. The molecule has 0 radical (unpaired) electrons. The number of hydrogen-bond acceptors (Lipinski definition) is 4. The summed E-state index contributed by atoms with van der Waals surface area (Å²) in [6.07, 6.45) is 7.62. The highest BCUT2D eigenvalue weighted by Crippen LogP contribution is 2.27. The van der Waals surface area contributed by atoms with E-state index in [1.807, 2.05) is 13.0 Å². The van der Waals surface area contributed by atoms with E-state index in [0.29, 0.717) is 29.6 Å². The normalized spacial score (nSPS) is 21.1. The predicted octanol–water partition coefficient (Wildman–Crippen LogP) is 3.64. The minimum Gasteiger partial charge on any atom is -0.354 e. The lowest BCUT2D eigenvalue weighted by Gasteiger charge is -2.43. The van der Waals surface area contributed by atoms with E-state index in [-0.39, 0.29) is 11.7 Å². The van der Waals surface area contributed by atoms with Crippen LogP contribution in [0.15, 0.2) is 24.3 Å². The van der Waals surface area contributed by atoms with E-state index >= 15 is 0 Å². The number of benzene rings is 1. The Morgan fingerprint density at radius 3 is 2.62 bits per heavy atom. The molecular weight excluding hydrogens is 409 g/mol. The summed E-state index contributed by atoms with van der Waals surface area (Å²) in [5.41, 5.74) is 0.266. The monoisotopic (exact) mass is 437 g/mol. The second kappa shape index (κ2) is 10.1. The molecular formula is C22H29Cl2N3O2. The molecule has 2 fully saturated rings. The number of rotatable bonds is 7. The Hall–Kier alpha value is -1.40. The van der Waals surface area contributed by atoms with Crippen LogP contribution in [0, 0.1) is 0 Å². The second-order valence-electron chi connectivity index (χ2n) is 8.07. The third kappa shape index (κ3) is 5.82. The lowest BCUT2D eigenvalue weighted by Crippen LogP contribution is -2.56. The summed E-state index contributed by atoms with van der Waals surface area (Å²) >= 11 is 12.1. The van der Waals surface area contributed by atoms with Crippen LogP contribution in [-0.4, -0.2) is 66.3 Å². The quantitative estimate of drug-likeness (QED) is 0.661. The Morgan fingerprint density at radius 1 is 1.17 bits per heavy atom. The van der Waals surface area contributed by atoms with Crippen LogP contribution < -0.4 is 5.32 Å². The molecule has 1 amide bonds. The Labute approximate surface area is 183 Å². The zero-order chi connectivity index (χ0) is 20.9. The van der Waals surface area contributed by atoms with Crippen molar-refractivity contribution in [3.63, 3.8) is 0 Å². The van der Waals surface area contributed by atoms with Crippen molar-refractivity contribution >= 4 is 41.0 Å². The topological polar surface area (TPSA) is 52.7 Å². The third-order valence-corrected chi connectivity index (χ3v) is 6.73. The maximum absolute atomic E-state index is 13.3. The molecule has 2 heterocycles. The largest absolute Gasteiger partial charge is 0.354 e. The molecule has 2 saturated heterocycles. The first-order valence-electron chi connectivity index (χ1n) is 10.3. The molecule has 2 aliphatic heterocycles. The Morgan fingerprint density at radius 2 is 1.93 bits per heavy atom. The van der Waals surface area contributed by atoms with Crippen molar-refractivity contribution in [2.24, 2.45) is 0 Å². The molecule has 5 nitrogen and oxygen atoms in total. The van der Waals surface area contributed by atoms with Gasteiger partial charge in [-0.2, -0.15) is 0 Å². The maximum Gasteiger partial charge on any atom is 0.234 e. The molecule has 158 valence electrons. The number of piperidine rings is 1. The van der Waals surface area contributed by atoms with Gasteiger partial charge >= 0.3 is 0 Å². The molecule has 2 aliphatic rings. The summed E-state index contributed by atoms with van der Waals surface area (Å²) in [5.74, 6) is 0.147. The van der Waals surface area contributed by atoms with E-state index in [1.165, 1.54) is 6.42 Å². The molecule has 7 heteroatoms. The number of nitrogens with one attached hydrogen (secondary N) is 1. The van der Waals surface area contributed by atoms with Crippen molar-refractivity contribution in [2.45, 2.75) is 38.1 Å². The number of carbonyl (C=O) groups is 2. The van der Waals surface area contributed by atoms with Crippen molar-refractivity contribution in [3.05, 3.63) is 39.9 Å². The Bertz CT molecular complexity index is 777. The zero-order valence-corrected chi connectivity index (χ0v) is 18.4. The van der Waals surface area contributed by atoms with E-state index < -0.39 is 5.54 Å². The van der Waals surface area contributed by atoms with Gasteiger partial charge in [0.15, 0.2) is 5.78 Å². The fourth-order valence-electron chi connectivity index (χ4n) is 4.05. The molecule has 0 bridgehead atoms. The lowest BCUT2D eigenvalue weighted by atomic mass is 9.87. The molecule has 1 N–H and O–H groups in total. The average molecular weight is 438 g/mol. The Kier molecular flexibility index (Phi) is 7.74. The van der Waals surface area contributed by atoms with Crippen molar-refractivity contribution in [1.29, 1.82) is 0 Å². The first-order chi connectivity index (χ1) is 13.9. The van der Waals surface area contributed by atoms with Gasteiger partial charge in [0.1, 0.15) is 0 Å². The van der Waals surface area contributed by atoms with Gasteiger partial charge in [0.05, 0.1) is 22.1 Å². The highest BCUT2D eigenvalue weighted by molar-refractivity contribution is 6.42. The first kappa shape index (κ1) is 22.3. The molecule has 3 rings (SSSR count). The van der Waals surface area contributed by atoms with E-state index in [1.54, 1.807) is 24.3 Å². The van der Waals surface area contributed by atoms with E-state index in [0.717, 1.165) is 44.6 Å². The van der Waals surface area contributed by atoms with Gasteiger partial charge in [-0.3, -0.25) is 19.4 Å². The fraction of sp³-hybridized carbons (Fsp3) is 0.545. The molecule has 0 aromatic heterocycles. The van der Waals surface area contributed by atoms with Gasteiger partial charge in [0, 0.05) is 19.6 Å². The van der Waals surface area contributed by atoms with Crippen LogP contribution in [-0.2, 0) is 9.59 Å². The van der Waals surface area contributed by atoms with Crippen LogP contribution in [0.25, 0.3) is 6.08 Å². The summed E-state index contributed by atoms with van der Waals surface area (Å²) in [7, 11) is 0. The van der Waals surface area contributed by atoms with E-state index in [4.69, 9.17) is 23.2 Å². The van der Waals surface area contributed by atoms with Gasteiger partial charge in [-0.05, 0) is 63.0 Å². The van der Waals surface area contributed by atoms with Crippen LogP contribution in [0.4, 0.5) is 0 Å². The Balaban J connectivity index is 1.73. The van der Waals surface area contributed by atoms with Gasteiger partial charge in [-0.15, -0.1) is 0 Å². The number of amides is 1. The molecule has 1 unspecified atom stereocenters. The molecule has 0 saturated carbocycles. The van der Waals surface area contributed by atoms with Crippen LogP contribution in [0.1, 0.15) is 38.2 Å². The molecule has 29 heavy (non-hydrogen) atoms. The fourth-order valence-corrected chi connectivity index (χ4v) is 4.36. The van der Waals surface area contributed by atoms with Crippen LogP contribution in [0.3, 0.4) is 0 Å². The number of piperazine rings is 1. The van der Waals surface area contributed by atoms with Crippen molar-refractivity contribution < 1.29 is 9.59 Å². The molecule has 0 aliphatic carbocycles. The first-order valence-corrected chi connectivity index (χ1v) is 11.1. The molecule has 1 aromatic rings. The number of halogens is 2. The summed E-state index contributed by atoms with van der Waals surface area (Å²) in [6, 6.07) is 5.35. The van der Waals surface area contributed by atoms with E-state index in [2.05, 4.69) is 15.1 Å². The number of carbonyl (C=O) groups excluding carboxylic acids is 2. The molecule has 0 spiro atoms.